The standard InChI is InChI=1S/C16H21N3/c1-2-17-15(16-18-8-9-19-16)11-12-6-7-13-4-3-5-14(13)10-12/h6-10,15,17H,2-5,11H2,1H3,(H,18,19). The number of hydrogen-bond acceptors (Lipinski definition) is 2. The van der Waals surface area contributed by atoms with Gasteiger partial charge >= 0.3 is 0 Å². The number of aromatic amines is 1. The summed E-state index contributed by atoms with van der Waals surface area (Å²) in [6, 6.07) is 7.25. The molecule has 1 aliphatic rings. The maximum atomic E-state index is 4.39. The van der Waals surface area contributed by atoms with Gasteiger partial charge in [0.25, 0.3) is 0 Å². The molecule has 19 heavy (non-hydrogen) atoms. The van der Waals surface area contributed by atoms with E-state index >= 15 is 0 Å². The van der Waals surface area contributed by atoms with Crippen LogP contribution >= 0.6 is 0 Å². The SMILES string of the molecule is CCNC(Cc1ccc2c(c1)CCC2)c1ncc[nH]1. The Bertz CT molecular complexity index is 531. The van der Waals surface area contributed by atoms with Gasteiger partial charge in [-0.25, -0.2) is 4.98 Å². The molecule has 2 aromatic rings. The molecular weight excluding hydrogens is 234 g/mol. The minimum Gasteiger partial charge on any atom is -0.347 e. The minimum atomic E-state index is 0.277. The Morgan fingerprint density at radius 2 is 2.21 bits per heavy atom. The zero-order valence-electron chi connectivity index (χ0n) is 11.4. The van der Waals surface area contributed by atoms with Crippen molar-refractivity contribution in [2.24, 2.45) is 0 Å². The highest BCUT2D eigenvalue weighted by molar-refractivity contribution is 5.35. The molecule has 3 heteroatoms. The average Bonchev–Trinajstić information content (AvgIpc) is 3.09. The van der Waals surface area contributed by atoms with Gasteiger partial charge < -0.3 is 10.3 Å². The van der Waals surface area contributed by atoms with Gasteiger partial charge in [-0.3, -0.25) is 0 Å². The second-order valence-corrected chi connectivity index (χ2v) is 5.25. The van der Waals surface area contributed by atoms with Crippen molar-refractivity contribution < 1.29 is 0 Å². The number of likely N-dealkylation sites (N-methyl/N-ethyl adjacent to an activating group) is 1. The molecule has 3 rings (SSSR count). The molecule has 0 saturated carbocycles. The van der Waals surface area contributed by atoms with Crippen molar-refractivity contribution in [2.75, 3.05) is 6.54 Å². The molecule has 1 unspecified atom stereocenters. The third-order valence-corrected chi connectivity index (χ3v) is 3.90. The molecule has 0 spiro atoms. The highest BCUT2D eigenvalue weighted by Gasteiger charge is 2.16. The van der Waals surface area contributed by atoms with E-state index in [0.29, 0.717) is 0 Å². The first-order valence-electron chi connectivity index (χ1n) is 7.20. The molecule has 0 saturated heterocycles. The fourth-order valence-electron chi connectivity index (χ4n) is 2.97. The van der Waals surface area contributed by atoms with E-state index in [1.165, 1.54) is 24.8 Å². The van der Waals surface area contributed by atoms with Gasteiger partial charge in [-0.2, -0.15) is 0 Å². The number of imidazole rings is 1. The second-order valence-electron chi connectivity index (χ2n) is 5.25. The third-order valence-electron chi connectivity index (χ3n) is 3.90. The summed E-state index contributed by atoms with van der Waals surface area (Å²) in [5.41, 5.74) is 4.50. The summed E-state index contributed by atoms with van der Waals surface area (Å²) in [4.78, 5) is 7.61. The molecular formula is C16H21N3. The summed E-state index contributed by atoms with van der Waals surface area (Å²) in [6.07, 6.45) is 8.52. The van der Waals surface area contributed by atoms with Crippen molar-refractivity contribution in [3.05, 3.63) is 53.1 Å². The smallest absolute Gasteiger partial charge is 0.123 e. The largest absolute Gasteiger partial charge is 0.347 e. The van der Waals surface area contributed by atoms with Gasteiger partial charge in [0.15, 0.2) is 0 Å². The lowest BCUT2D eigenvalue weighted by Crippen LogP contribution is -2.24. The Kier molecular flexibility index (Phi) is 3.65. The summed E-state index contributed by atoms with van der Waals surface area (Å²) in [7, 11) is 0. The van der Waals surface area contributed by atoms with Gasteiger partial charge in [-0.05, 0) is 48.9 Å². The van der Waals surface area contributed by atoms with Crippen molar-refractivity contribution in [3.8, 4) is 0 Å². The lowest BCUT2D eigenvalue weighted by atomic mass is 10.0. The Hall–Kier alpha value is -1.61. The van der Waals surface area contributed by atoms with Crippen molar-refractivity contribution in [3.63, 3.8) is 0 Å². The van der Waals surface area contributed by atoms with E-state index in [9.17, 15) is 0 Å². The van der Waals surface area contributed by atoms with Crippen LogP contribution in [0, 0.1) is 0 Å². The van der Waals surface area contributed by atoms with E-state index in [1.807, 2.05) is 12.4 Å². The van der Waals surface area contributed by atoms with E-state index < -0.39 is 0 Å². The fraction of sp³-hybridized carbons (Fsp3) is 0.438. The quantitative estimate of drug-likeness (QED) is 0.862. The third kappa shape index (κ3) is 2.71. The summed E-state index contributed by atoms with van der Waals surface area (Å²) >= 11 is 0. The number of aromatic nitrogens is 2. The molecule has 3 nitrogen and oxygen atoms in total. The summed E-state index contributed by atoms with van der Waals surface area (Å²) < 4.78 is 0. The zero-order valence-corrected chi connectivity index (χ0v) is 11.4. The molecule has 1 heterocycles. The Labute approximate surface area is 114 Å². The number of nitrogens with one attached hydrogen (secondary N) is 2. The Morgan fingerprint density at radius 1 is 1.32 bits per heavy atom. The van der Waals surface area contributed by atoms with Crippen LogP contribution in [-0.2, 0) is 19.3 Å². The highest BCUT2D eigenvalue weighted by atomic mass is 15.0. The minimum absolute atomic E-state index is 0.277. The first kappa shape index (κ1) is 12.4. The van der Waals surface area contributed by atoms with Gasteiger partial charge in [0.2, 0.25) is 0 Å². The van der Waals surface area contributed by atoms with Crippen LogP contribution in [0.4, 0.5) is 0 Å². The van der Waals surface area contributed by atoms with Crippen LogP contribution in [0.5, 0.6) is 0 Å². The molecule has 1 aliphatic carbocycles. The van der Waals surface area contributed by atoms with Crippen LogP contribution in [0.3, 0.4) is 0 Å². The number of rotatable bonds is 5. The molecule has 0 radical (unpaired) electrons. The predicted molar refractivity (Wildman–Crippen MR) is 77.2 cm³/mol. The lowest BCUT2D eigenvalue weighted by Gasteiger charge is -2.16. The molecule has 2 N–H and O–H groups in total. The summed E-state index contributed by atoms with van der Waals surface area (Å²) in [5.74, 6) is 1.03. The van der Waals surface area contributed by atoms with Gasteiger partial charge in [-0.1, -0.05) is 25.1 Å². The molecule has 0 aliphatic heterocycles. The van der Waals surface area contributed by atoms with E-state index in [-0.39, 0.29) is 6.04 Å². The molecule has 1 atom stereocenters. The Balaban J connectivity index is 1.78. The second kappa shape index (κ2) is 5.57. The summed E-state index contributed by atoms with van der Waals surface area (Å²) in [5, 5.41) is 3.51. The van der Waals surface area contributed by atoms with Crippen molar-refractivity contribution in [1.82, 2.24) is 15.3 Å². The van der Waals surface area contributed by atoms with E-state index in [1.54, 1.807) is 11.1 Å². The van der Waals surface area contributed by atoms with Crippen LogP contribution in [0.15, 0.2) is 30.6 Å². The monoisotopic (exact) mass is 255 g/mol. The van der Waals surface area contributed by atoms with Gasteiger partial charge in [-0.15, -0.1) is 0 Å². The number of aryl methyl sites for hydroxylation is 2. The summed E-state index contributed by atoms with van der Waals surface area (Å²) in [6.45, 7) is 3.09. The Morgan fingerprint density at radius 3 is 3.00 bits per heavy atom. The highest BCUT2D eigenvalue weighted by Crippen LogP contribution is 2.24. The molecule has 1 aromatic carbocycles. The normalized spacial score (nSPS) is 15.4. The fourth-order valence-corrected chi connectivity index (χ4v) is 2.97. The first-order chi connectivity index (χ1) is 9.36. The number of fused-ring (bicyclic) bond motifs is 1. The molecule has 0 amide bonds. The van der Waals surface area contributed by atoms with Gasteiger partial charge in [0.1, 0.15) is 5.82 Å². The van der Waals surface area contributed by atoms with E-state index in [2.05, 4.69) is 40.4 Å². The van der Waals surface area contributed by atoms with Crippen LogP contribution in [0.25, 0.3) is 0 Å². The van der Waals surface area contributed by atoms with E-state index in [4.69, 9.17) is 0 Å². The lowest BCUT2D eigenvalue weighted by molar-refractivity contribution is 0.526. The maximum Gasteiger partial charge on any atom is 0.123 e. The van der Waals surface area contributed by atoms with Gasteiger partial charge in [0.05, 0.1) is 6.04 Å². The molecule has 0 fully saturated rings. The number of nitrogens with zero attached hydrogens (tertiary/aromatic N) is 1. The number of benzene rings is 1. The van der Waals surface area contributed by atoms with Crippen LogP contribution in [0.2, 0.25) is 0 Å². The van der Waals surface area contributed by atoms with E-state index in [0.717, 1.165) is 18.8 Å². The van der Waals surface area contributed by atoms with Crippen LogP contribution < -0.4 is 5.32 Å². The van der Waals surface area contributed by atoms with Crippen LogP contribution in [-0.4, -0.2) is 16.5 Å². The van der Waals surface area contributed by atoms with Gasteiger partial charge in [0, 0.05) is 12.4 Å². The maximum absolute atomic E-state index is 4.39. The number of hydrogen-bond donors (Lipinski definition) is 2. The van der Waals surface area contributed by atoms with Crippen molar-refractivity contribution in [2.45, 2.75) is 38.6 Å². The topological polar surface area (TPSA) is 40.7 Å². The zero-order chi connectivity index (χ0) is 13.1. The van der Waals surface area contributed by atoms with Crippen LogP contribution in [0.1, 0.15) is 41.9 Å². The molecule has 100 valence electrons. The molecule has 1 aromatic heterocycles. The van der Waals surface area contributed by atoms with Crippen molar-refractivity contribution in [1.29, 1.82) is 0 Å². The molecule has 0 bridgehead atoms. The first-order valence-corrected chi connectivity index (χ1v) is 7.20. The predicted octanol–water partition coefficient (Wildman–Crippen LogP) is 2.79. The average molecular weight is 255 g/mol. The van der Waals surface area contributed by atoms with Crippen molar-refractivity contribution >= 4 is 0 Å². The number of H-pyrrole nitrogens is 1.